The molecular weight excluding hydrogens is 482 g/mol. The van der Waals surface area contributed by atoms with E-state index in [1.54, 1.807) is 36.1 Å². The number of pyridine rings is 3. The monoisotopic (exact) mass is 501 g/mol. The maximum atomic E-state index is 5.97. The van der Waals surface area contributed by atoms with Gasteiger partial charge in [-0.05, 0) is 35.2 Å². The SMILES string of the molecule is c1ccc(COc2cncc(-c3cnc4[nH]nc(-c5nc6c(-c7cccs7)ccnc6[nH]5)c4c3)c2)cc1. The number of rotatable bonds is 6. The first-order chi connectivity index (χ1) is 18.3. The van der Waals surface area contributed by atoms with E-state index in [2.05, 4.69) is 41.6 Å². The molecule has 37 heavy (non-hydrogen) atoms. The highest BCUT2D eigenvalue weighted by Crippen LogP contribution is 2.33. The van der Waals surface area contributed by atoms with E-state index in [0.717, 1.165) is 38.0 Å². The van der Waals surface area contributed by atoms with Crippen LogP contribution in [0.3, 0.4) is 0 Å². The Labute approximate surface area is 215 Å². The largest absolute Gasteiger partial charge is 0.487 e. The maximum Gasteiger partial charge on any atom is 0.161 e. The summed E-state index contributed by atoms with van der Waals surface area (Å²) in [5, 5.41) is 10.5. The van der Waals surface area contributed by atoms with Crippen LogP contribution in [0.25, 0.3) is 55.3 Å². The standard InChI is InChI=1S/C28H19N7OS/c1-2-5-17(6-3-1)16-36-20-11-18(13-29-15-20)19-12-22-25(34-35-26(22)31-14-19)28-32-24-21(23-7-4-10-37-23)8-9-30-27(24)33-28/h1-15H,16H2,(H,30,32,33)(H,31,34,35). The van der Waals surface area contributed by atoms with Gasteiger partial charge in [0.2, 0.25) is 0 Å². The van der Waals surface area contributed by atoms with Crippen LogP contribution in [0.15, 0.2) is 90.8 Å². The minimum atomic E-state index is 0.475. The molecule has 0 fully saturated rings. The normalized spacial score (nSPS) is 11.4. The Hall–Kier alpha value is -4.89. The molecule has 6 heterocycles. The number of aromatic nitrogens is 7. The Bertz CT molecular complexity index is 1840. The van der Waals surface area contributed by atoms with Gasteiger partial charge in [-0.15, -0.1) is 11.3 Å². The quantitative estimate of drug-likeness (QED) is 0.278. The van der Waals surface area contributed by atoms with Crippen LogP contribution in [0.1, 0.15) is 5.56 Å². The summed E-state index contributed by atoms with van der Waals surface area (Å²) in [5.74, 6) is 1.33. The Morgan fingerprint density at radius 2 is 1.78 bits per heavy atom. The molecule has 0 aliphatic rings. The molecule has 0 radical (unpaired) electrons. The number of hydrogen-bond acceptors (Lipinski definition) is 7. The third-order valence-electron chi connectivity index (χ3n) is 6.11. The van der Waals surface area contributed by atoms with Crippen LogP contribution >= 0.6 is 11.3 Å². The Kier molecular flexibility index (Phi) is 5.18. The third kappa shape index (κ3) is 4.01. The number of benzene rings is 1. The second-order valence-corrected chi connectivity index (χ2v) is 9.44. The van der Waals surface area contributed by atoms with E-state index >= 15 is 0 Å². The highest BCUT2D eigenvalue weighted by atomic mass is 32.1. The second kappa shape index (κ2) is 8.96. The van der Waals surface area contributed by atoms with Gasteiger partial charge in [-0.3, -0.25) is 10.1 Å². The molecule has 0 amide bonds. The van der Waals surface area contributed by atoms with Gasteiger partial charge in [-0.2, -0.15) is 5.10 Å². The van der Waals surface area contributed by atoms with Crippen molar-refractivity contribution in [2.75, 3.05) is 0 Å². The Morgan fingerprint density at radius 3 is 2.68 bits per heavy atom. The fourth-order valence-corrected chi connectivity index (χ4v) is 5.04. The number of ether oxygens (including phenoxy) is 1. The average Bonchev–Trinajstić information content (AvgIpc) is 3.71. The molecular formula is C28H19N7OS. The van der Waals surface area contributed by atoms with Crippen molar-refractivity contribution in [2.24, 2.45) is 0 Å². The van der Waals surface area contributed by atoms with Crippen molar-refractivity contribution in [2.45, 2.75) is 6.61 Å². The van der Waals surface area contributed by atoms with Crippen LogP contribution in [-0.2, 0) is 6.61 Å². The van der Waals surface area contributed by atoms with Crippen LogP contribution < -0.4 is 4.74 Å². The van der Waals surface area contributed by atoms with Gasteiger partial charge in [0, 0.05) is 40.2 Å². The molecule has 6 aromatic heterocycles. The molecule has 178 valence electrons. The highest BCUT2D eigenvalue weighted by molar-refractivity contribution is 7.13. The minimum absolute atomic E-state index is 0.475. The zero-order valence-corrected chi connectivity index (χ0v) is 20.2. The molecule has 1 aromatic carbocycles. The average molecular weight is 502 g/mol. The molecule has 0 saturated heterocycles. The van der Waals surface area contributed by atoms with E-state index in [1.807, 2.05) is 54.6 Å². The first kappa shape index (κ1) is 21.4. The number of aromatic amines is 2. The predicted molar refractivity (Wildman–Crippen MR) is 144 cm³/mol. The van der Waals surface area contributed by atoms with Crippen LogP contribution in [-0.4, -0.2) is 35.1 Å². The molecule has 7 aromatic rings. The lowest BCUT2D eigenvalue weighted by Gasteiger charge is -2.08. The van der Waals surface area contributed by atoms with Crippen molar-refractivity contribution in [1.82, 2.24) is 35.1 Å². The zero-order valence-electron chi connectivity index (χ0n) is 19.4. The third-order valence-corrected chi connectivity index (χ3v) is 7.01. The minimum Gasteiger partial charge on any atom is -0.487 e. The van der Waals surface area contributed by atoms with Gasteiger partial charge < -0.3 is 9.72 Å². The molecule has 0 aliphatic carbocycles. The van der Waals surface area contributed by atoms with E-state index in [4.69, 9.17) is 9.72 Å². The van der Waals surface area contributed by atoms with E-state index in [1.165, 1.54) is 0 Å². The summed E-state index contributed by atoms with van der Waals surface area (Å²) in [7, 11) is 0. The van der Waals surface area contributed by atoms with Crippen molar-refractivity contribution in [3.05, 3.63) is 96.4 Å². The number of nitrogens with one attached hydrogen (secondary N) is 2. The molecule has 2 N–H and O–H groups in total. The molecule has 7 rings (SSSR count). The molecule has 0 unspecified atom stereocenters. The van der Waals surface area contributed by atoms with Crippen LogP contribution in [0, 0.1) is 0 Å². The number of nitrogens with zero attached hydrogens (tertiary/aromatic N) is 5. The molecule has 8 nitrogen and oxygen atoms in total. The van der Waals surface area contributed by atoms with E-state index in [9.17, 15) is 0 Å². The molecule has 0 saturated carbocycles. The lowest BCUT2D eigenvalue weighted by Crippen LogP contribution is -1.96. The van der Waals surface area contributed by atoms with Crippen molar-refractivity contribution in [3.63, 3.8) is 0 Å². The number of fused-ring (bicyclic) bond motifs is 2. The summed E-state index contributed by atoms with van der Waals surface area (Å²) in [5.41, 5.74) is 6.83. The van der Waals surface area contributed by atoms with Crippen molar-refractivity contribution in [1.29, 1.82) is 0 Å². The van der Waals surface area contributed by atoms with Crippen molar-refractivity contribution < 1.29 is 4.74 Å². The fraction of sp³-hybridized carbons (Fsp3) is 0.0357. The van der Waals surface area contributed by atoms with Gasteiger partial charge >= 0.3 is 0 Å². The van der Waals surface area contributed by atoms with Crippen LogP contribution in [0.5, 0.6) is 5.75 Å². The van der Waals surface area contributed by atoms with Crippen molar-refractivity contribution >= 4 is 33.5 Å². The van der Waals surface area contributed by atoms with Gasteiger partial charge in [-0.1, -0.05) is 36.4 Å². The maximum absolute atomic E-state index is 5.97. The number of thiophene rings is 1. The molecule has 0 bridgehead atoms. The summed E-state index contributed by atoms with van der Waals surface area (Å²) >= 11 is 1.67. The Balaban J connectivity index is 1.24. The number of H-pyrrole nitrogens is 2. The topological polar surface area (TPSA) is 105 Å². The number of hydrogen-bond donors (Lipinski definition) is 2. The summed E-state index contributed by atoms with van der Waals surface area (Å²) in [6.07, 6.45) is 7.11. The van der Waals surface area contributed by atoms with Gasteiger partial charge in [-0.25, -0.2) is 15.0 Å². The van der Waals surface area contributed by atoms with Crippen molar-refractivity contribution in [3.8, 4) is 38.8 Å². The molecule has 0 aliphatic heterocycles. The molecule has 9 heteroatoms. The van der Waals surface area contributed by atoms with E-state index in [0.29, 0.717) is 35.2 Å². The second-order valence-electron chi connectivity index (χ2n) is 8.49. The van der Waals surface area contributed by atoms with Gasteiger partial charge in [0.1, 0.15) is 23.6 Å². The predicted octanol–water partition coefficient (Wildman–Crippen LogP) is 6.27. The van der Waals surface area contributed by atoms with E-state index in [-0.39, 0.29) is 0 Å². The highest BCUT2D eigenvalue weighted by Gasteiger charge is 2.17. The zero-order chi connectivity index (χ0) is 24.6. The fourth-order valence-electron chi connectivity index (χ4n) is 4.29. The van der Waals surface area contributed by atoms with Gasteiger partial charge in [0.15, 0.2) is 17.1 Å². The number of imidazole rings is 1. The van der Waals surface area contributed by atoms with E-state index < -0.39 is 0 Å². The lowest BCUT2D eigenvalue weighted by molar-refractivity contribution is 0.305. The molecule has 0 atom stereocenters. The molecule has 0 spiro atoms. The summed E-state index contributed by atoms with van der Waals surface area (Å²) in [4.78, 5) is 22.8. The summed E-state index contributed by atoms with van der Waals surface area (Å²) < 4.78 is 5.97. The Morgan fingerprint density at radius 1 is 0.865 bits per heavy atom. The summed E-state index contributed by atoms with van der Waals surface area (Å²) in [6, 6.07) is 20.2. The summed E-state index contributed by atoms with van der Waals surface area (Å²) in [6.45, 7) is 0.475. The van der Waals surface area contributed by atoms with Gasteiger partial charge in [0.25, 0.3) is 0 Å². The first-order valence-electron chi connectivity index (χ1n) is 11.7. The van der Waals surface area contributed by atoms with Gasteiger partial charge in [0.05, 0.1) is 11.6 Å². The first-order valence-corrected chi connectivity index (χ1v) is 12.5. The smallest absolute Gasteiger partial charge is 0.161 e. The van der Waals surface area contributed by atoms with Crippen LogP contribution in [0.2, 0.25) is 0 Å². The van der Waals surface area contributed by atoms with Crippen LogP contribution in [0.4, 0.5) is 0 Å². The lowest BCUT2D eigenvalue weighted by atomic mass is 10.1.